The number of anilines is 1. The van der Waals surface area contributed by atoms with E-state index < -0.39 is 35.3 Å². The molecule has 1 atom stereocenters. The summed E-state index contributed by atoms with van der Waals surface area (Å²) in [5, 5.41) is 18.5. The van der Waals surface area contributed by atoms with E-state index in [1.165, 1.54) is 0 Å². The van der Waals surface area contributed by atoms with Gasteiger partial charge in [0.15, 0.2) is 0 Å². The van der Waals surface area contributed by atoms with Crippen molar-refractivity contribution in [2.24, 2.45) is 0 Å². The molecule has 0 saturated carbocycles. The number of ether oxygens (including phenoxy) is 1. The van der Waals surface area contributed by atoms with Crippen molar-refractivity contribution in [1.29, 1.82) is 0 Å². The lowest BCUT2D eigenvalue weighted by Crippen LogP contribution is -2.59. The number of hydrogen-bond acceptors (Lipinski definition) is 7. The molecule has 1 heterocycles. The van der Waals surface area contributed by atoms with E-state index in [1.807, 2.05) is 36.4 Å². The molecule has 0 aliphatic heterocycles. The van der Waals surface area contributed by atoms with Gasteiger partial charge in [0.2, 0.25) is 5.91 Å². The molecule has 3 aromatic rings. The highest BCUT2D eigenvalue weighted by atomic mass is 32.1. The first-order valence-corrected chi connectivity index (χ1v) is 13.8. The minimum Gasteiger partial charge on any atom is -0.530 e. The summed E-state index contributed by atoms with van der Waals surface area (Å²) in [7, 11) is 0. The highest BCUT2D eigenvalue weighted by Gasteiger charge is 2.33. The second-order valence-corrected chi connectivity index (χ2v) is 12.3. The highest BCUT2D eigenvalue weighted by Crippen LogP contribution is 2.31. The molecule has 0 fully saturated rings. The van der Waals surface area contributed by atoms with Crippen LogP contribution < -0.4 is 15.7 Å². The number of aromatic nitrogens is 1. The van der Waals surface area contributed by atoms with E-state index in [-0.39, 0.29) is 6.42 Å². The molecule has 0 unspecified atom stereocenters. The number of carboxylic acid groups (broad SMARTS) is 1. The first-order chi connectivity index (χ1) is 18.2. The van der Waals surface area contributed by atoms with Gasteiger partial charge in [0.1, 0.15) is 22.7 Å². The zero-order valence-electron chi connectivity index (χ0n) is 23.4. The lowest BCUT2D eigenvalue weighted by molar-refractivity contribution is -0.273. The number of rotatable bonds is 9. The third kappa shape index (κ3) is 8.68. The number of amides is 3. The smallest absolute Gasteiger partial charge is 0.407 e. The molecular weight excluding hydrogens is 516 g/mol. The molecule has 0 aliphatic rings. The van der Waals surface area contributed by atoms with Crippen molar-refractivity contribution in [3.8, 4) is 10.6 Å². The number of para-hydroxylation sites is 1. The Hall–Kier alpha value is -3.66. The second kappa shape index (κ2) is 12.5. The van der Waals surface area contributed by atoms with Gasteiger partial charge in [-0.25, -0.2) is 9.78 Å². The molecule has 210 valence electrons. The third-order valence-electron chi connectivity index (χ3n) is 5.80. The summed E-state index contributed by atoms with van der Waals surface area (Å²) < 4.78 is 6.32. The predicted octanol–water partition coefficient (Wildman–Crippen LogP) is 5.41. The lowest BCUT2D eigenvalue weighted by Gasteiger charge is -2.43. The van der Waals surface area contributed by atoms with Gasteiger partial charge in [0.05, 0.1) is 10.2 Å². The zero-order valence-corrected chi connectivity index (χ0v) is 24.2. The summed E-state index contributed by atoms with van der Waals surface area (Å²) >= 11 is 1.59. The molecule has 0 bridgehead atoms. The van der Waals surface area contributed by atoms with E-state index in [1.54, 1.807) is 65.0 Å². The van der Waals surface area contributed by atoms with Crippen LogP contribution in [0.3, 0.4) is 0 Å². The molecule has 39 heavy (non-hydrogen) atoms. The number of fused-ring (bicyclic) bond motifs is 1. The van der Waals surface area contributed by atoms with Crippen molar-refractivity contribution in [3.63, 3.8) is 0 Å². The predicted molar refractivity (Wildman–Crippen MR) is 153 cm³/mol. The topological polar surface area (TPSA) is 124 Å². The fraction of sp³-hybridized carbons (Fsp3) is 0.448. The Kier molecular flexibility index (Phi) is 9.55. The molecular formula is C29H37N4O5S-. The molecule has 3 rings (SSSR count). The quantitative estimate of drug-likeness (QED) is 0.342. The van der Waals surface area contributed by atoms with Crippen LogP contribution in [-0.4, -0.2) is 51.7 Å². The monoisotopic (exact) mass is 553 g/mol. The molecule has 0 spiro atoms. The number of carbonyl (C=O) groups is 3. The van der Waals surface area contributed by atoms with Gasteiger partial charge < -0.3 is 30.2 Å². The number of alkyl carbamates (subject to hydrolysis) is 1. The van der Waals surface area contributed by atoms with Crippen molar-refractivity contribution in [2.45, 2.75) is 78.0 Å². The number of thiazole rings is 1. The third-order valence-corrected chi connectivity index (χ3v) is 6.89. The van der Waals surface area contributed by atoms with Gasteiger partial charge in [-0.05, 0) is 97.2 Å². The van der Waals surface area contributed by atoms with Crippen molar-refractivity contribution < 1.29 is 24.2 Å². The molecule has 2 aromatic carbocycles. The normalized spacial score (nSPS) is 12.6. The molecule has 10 heteroatoms. The van der Waals surface area contributed by atoms with Gasteiger partial charge in [-0.2, -0.15) is 0 Å². The summed E-state index contributed by atoms with van der Waals surface area (Å²) in [4.78, 5) is 43.1. The summed E-state index contributed by atoms with van der Waals surface area (Å²) in [6.07, 6.45) is -0.621. The number of carbonyl (C=O) groups excluding carboxylic acids is 3. The Morgan fingerprint density at radius 1 is 1.00 bits per heavy atom. The zero-order chi connectivity index (χ0) is 28.8. The average molecular weight is 554 g/mol. The second-order valence-electron chi connectivity index (χ2n) is 11.3. The maximum atomic E-state index is 13.4. The minimum absolute atomic E-state index is 0.261. The molecule has 0 radical (unpaired) electrons. The van der Waals surface area contributed by atoms with Crippen LogP contribution >= 0.6 is 11.3 Å². The summed E-state index contributed by atoms with van der Waals surface area (Å²) in [6.45, 7) is 10.9. The average Bonchev–Trinajstić information content (AvgIpc) is 3.25. The van der Waals surface area contributed by atoms with Crippen LogP contribution in [-0.2, 0) is 9.53 Å². The lowest BCUT2D eigenvalue weighted by atomic mass is 9.99. The summed E-state index contributed by atoms with van der Waals surface area (Å²) in [6, 6.07) is 14.3. The standard InChI is InChI=1S/C29H38N4O5S/c1-28(2,3)33(27(36)37)22(12-9-10-18-30-26(35)38-29(4,5)6)24(34)31-20-16-14-19(15-17-20)25-32-21-11-7-8-13-23(21)39-25/h7-8,11,13-17,22H,9-10,12,18H2,1-6H3,(H,30,35)(H,31,34)(H,36,37)/p-1/t22-/m0/s1. The molecule has 9 nitrogen and oxygen atoms in total. The van der Waals surface area contributed by atoms with Crippen LogP contribution in [0.5, 0.6) is 0 Å². The van der Waals surface area contributed by atoms with E-state index in [2.05, 4.69) is 15.6 Å². The van der Waals surface area contributed by atoms with Crippen LogP contribution in [0.1, 0.15) is 60.8 Å². The first-order valence-electron chi connectivity index (χ1n) is 13.0. The number of unbranched alkanes of at least 4 members (excludes halogenated alkanes) is 1. The molecule has 0 aliphatic carbocycles. The fourth-order valence-corrected chi connectivity index (χ4v) is 5.10. The molecule has 3 amide bonds. The maximum Gasteiger partial charge on any atom is 0.407 e. The van der Waals surface area contributed by atoms with Crippen molar-refractivity contribution in [3.05, 3.63) is 48.5 Å². The number of benzene rings is 2. The van der Waals surface area contributed by atoms with Gasteiger partial charge in [-0.1, -0.05) is 12.1 Å². The Bertz CT molecular complexity index is 1260. The SMILES string of the molecule is CC(C)(C)OC(=O)NCCCC[C@@H](C(=O)Nc1ccc(-c2nc3ccccc3s2)cc1)N(C(=O)[O-])C(C)(C)C. The number of nitrogens with one attached hydrogen (secondary N) is 2. The van der Waals surface area contributed by atoms with Gasteiger partial charge in [-0.3, -0.25) is 4.79 Å². The first kappa shape index (κ1) is 29.9. The van der Waals surface area contributed by atoms with E-state index >= 15 is 0 Å². The highest BCUT2D eigenvalue weighted by molar-refractivity contribution is 7.21. The van der Waals surface area contributed by atoms with Crippen LogP contribution in [0.4, 0.5) is 15.3 Å². The van der Waals surface area contributed by atoms with Gasteiger partial charge >= 0.3 is 6.09 Å². The number of hydrogen-bond donors (Lipinski definition) is 2. The molecule has 2 N–H and O–H groups in total. The maximum absolute atomic E-state index is 13.4. The Morgan fingerprint density at radius 2 is 1.67 bits per heavy atom. The van der Waals surface area contributed by atoms with E-state index in [0.717, 1.165) is 25.7 Å². The Morgan fingerprint density at radius 3 is 2.26 bits per heavy atom. The summed E-state index contributed by atoms with van der Waals surface area (Å²) in [5.74, 6) is -0.443. The van der Waals surface area contributed by atoms with Gasteiger partial charge in [0.25, 0.3) is 0 Å². The van der Waals surface area contributed by atoms with Crippen LogP contribution in [0, 0.1) is 0 Å². The van der Waals surface area contributed by atoms with Crippen LogP contribution in [0.25, 0.3) is 20.8 Å². The van der Waals surface area contributed by atoms with Crippen molar-refractivity contribution in [1.82, 2.24) is 15.2 Å². The van der Waals surface area contributed by atoms with Crippen LogP contribution in [0.15, 0.2) is 48.5 Å². The summed E-state index contributed by atoms with van der Waals surface area (Å²) in [5.41, 5.74) is 0.958. The minimum atomic E-state index is -1.42. The Balaban J connectivity index is 1.66. The largest absolute Gasteiger partial charge is 0.530 e. The van der Waals surface area contributed by atoms with Crippen molar-refractivity contribution >= 4 is 45.3 Å². The van der Waals surface area contributed by atoms with E-state index in [0.29, 0.717) is 25.1 Å². The van der Waals surface area contributed by atoms with Gasteiger partial charge in [0, 0.05) is 23.3 Å². The Labute approximate surface area is 233 Å². The van der Waals surface area contributed by atoms with Crippen molar-refractivity contribution in [2.75, 3.05) is 11.9 Å². The molecule has 1 aromatic heterocycles. The van der Waals surface area contributed by atoms with Gasteiger partial charge in [-0.15, -0.1) is 11.3 Å². The molecule has 0 saturated heterocycles. The number of nitrogens with zero attached hydrogens (tertiary/aromatic N) is 2. The van der Waals surface area contributed by atoms with E-state index in [4.69, 9.17) is 4.74 Å². The van der Waals surface area contributed by atoms with E-state index in [9.17, 15) is 19.5 Å². The van der Waals surface area contributed by atoms with Crippen LogP contribution in [0.2, 0.25) is 0 Å². The fourth-order valence-electron chi connectivity index (χ4n) is 4.13.